The maximum Gasteiger partial charge on any atom is 0.153 e. The van der Waals surface area contributed by atoms with Crippen molar-refractivity contribution in [2.24, 2.45) is 0 Å². The normalized spacial score (nSPS) is 10.4. The zero-order valence-electron chi connectivity index (χ0n) is 10.3. The van der Waals surface area contributed by atoms with E-state index in [4.69, 9.17) is 0 Å². The maximum atomic E-state index is 11.2. The molecule has 20 heavy (non-hydrogen) atoms. The van der Waals surface area contributed by atoms with E-state index in [1.807, 2.05) is 30.3 Å². The average molecular weight is 329 g/mol. The monoisotopic (exact) mass is 328 g/mol. The predicted molar refractivity (Wildman–Crippen MR) is 77.7 cm³/mol. The molecule has 0 spiro atoms. The molecule has 6 heteroatoms. The molecule has 0 unspecified atom stereocenters. The number of pyridine rings is 2. The van der Waals surface area contributed by atoms with Crippen molar-refractivity contribution in [2.75, 3.05) is 0 Å². The molecule has 3 heterocycles. The highest BCUT2D eigenvalue weighted by atomic mass is 79.9. The van der Waals surface area contributed by atoms with Crippen LogP contribution in [0, 0.1) is 0 Å². The fourth-order valence-electron chi connectivity index (χ4n) is 1.80. The van der Waals surface area contributed by atoms with Gasteiger partial charge < -0.3 is 0 Å². The van der Waals surface area contributed by atoms with Crippen molar-refractivity contribution in [3.63, 3.8) is 0 Å². The second kappa shape index (κ2) is 5.34. The molecule has 0 saturated carbocycles. The minimum atomic E-state index is 0.477. The Kier molecular flexibility index (Phi) is 3.39. The lowest BCUT2D eigenvalue weighted by Crippen LogP contribution is -1.97. The van der Waals surface area contributed by atoms with Gasteiger partial charge in [0.15, 0.2) is 12.1 Å². The molecule has 0 N–H and O–H groups in total. The summed E-state index contributed by atoms with van der Waals surface area (Å²) >= 11 is 3.33. The number of carbonyl (C=O) groups is 1. The second-order valence-corrected chi connectivity index (χ2v) is 4.96. The van der Waals surface area contributed by atoms with Crippen molar-refractivity contribution in [3.05, 3.63) is 59.0 Å². The van der Waals surface area contributed by atoms with Crippen LogP contribution in [0.2, 0.25) is 0 Å². The maximum absolute atomic E-state index is 11.2. The molecular formula is C14H9BrN4O. The summed E-state index contributed by atoms with van der Waals surface area (Å²) in [6.07, 6.45) is 5.76. The van der Waals surface area contributed by atoms with Crippen molar-refractivity contribution >= 4 is 22.2 Å². The lowest BCUT2D eigenvalue weighted by molar-refractivity contribution is 0.112. The third kappa shape index (κ3) is 2.37. The van der Waals surface area contributed by atoms with E-state index in [2.05, 4.69) is 31.0 Å². The molecule has 0 amide bonds. The van der Waals surface area contributed by atoms with E-state index in [0.29, 0.717) is 22.8 Å². The van der Waals surface area contributed by atoms with Crippen molar-refractivity contribution in [1.29, 1.82) is 0 Å². The summed E-state index contributed by atoms with van der Waals surface area (Å²) in [6, 6.07) is 9.17. The Morgan fingerprint density at radius 2 is 2.05 bits per heavy atom. The van der Waals surface area contributed by atoms with Gasteiger partial charge in [-0.05, 0) is 40.2 Å². The first-order valence-electron chi connectivity index (χ1n) is 5.86. The molecule has 0 aromatic carbocycles. The fourth-order valence-corrected chi connectivity index (χ4v) is 2.03. The van der Waals surface area contributed by atoms with E-state index >= 15 is 0 Å². The first kappa shape index (κ1) is 12.7. The van der Waals surface area contributed by atoms with E-state index in [1.54, 1.807) is 23.3 Å². The minimum Gasteiger partial charge on any atom is -0.298 e. The van der Waals surface area contributed by atoms with E-state index in [0.717, 1.165) is 10.8 Å². The van der Waals surface area contributed by atoms with Gasteiger partial charge in [0.25, 0.3) is 0 Å². The zero-order chi connectivity index (χ0) is 13.9. The van der Waals surface area contributed by atoms with Crippen LogP contribution in [-0.2, 0) is 0 Å². The zero-order valence-corrected chi connectivity index (χ0v) is 11.9. The van der Waals surface area contributed by atoms with Crippen molar-refractivity contribution < 1.29 is 4.79 Å². The first-order valence-corrected chi connectivity index (χ1v) is 6.65. The van der Waals surface area contributed by atoms with Crippen LogP contribution in [-0.4, -0.2) is 26.0 Å². The second-order valence-electron chi connectivity index (χ2n) is 4.05. The predicted octanol–water partition coefficient (Wildman–Crippen LogP) is 2.90. The van der Waals surface area contributed by atoms with E-state index in [-0.39, 0.29) is 0 Å². The third-order valence-electron chi connectivity index (χ3n) is 2.72. The number of aromatic nitrogens is 4. The van der Waals surface area contributed by atoms with Crippen LogP contribution in [0.3, 0.4) is 0 Å². The highest BCUT2D eigenvalue weighted by Crippen LogP contribution is 2.21. The highest BCUT2D eigenvalue weighted by Gasteiger charge is 2.13. The minimum absolute atomic E-state index is 0.477. The smallest absolute Gasteiger partial charge is 0.153 e. The summed E-state index contributed by atoms with van der Waals surface area (Å²) in [5, 5.41) is 4.40. The molecule has 0 fully saturated rings. The number of hydrogen-bond acceptors (Lipinski definition) is 4. The van der Waals surface area contributed by atoms with Crippen LogP contribution >= 0.6 is 15.9 Å². The highest BCUT2D eigenvalue weighted by molar-refractivity contribution is 9.10. The lowest BCUT2D eigenvalue weighted by atomic mass is 10.2. The Hall–Kier alpha value is -2.34. The van der Waals surface area contributed by atoms with Gasteiger partial charge in [-0.2, -0.15) is 5.10 Å². The van der Waals surface area contributed by atoms with Crippen LogP contribution in [0.25, 0.3) is 17.2 Å². The largest absolute Gasteiger partial charge is 0.298 e. The number of hydrogen-bond donors (Lipinski definition) is 0. The number of aldehydes is 1. The molecular weight excluding hydrogens is 320 g/mol. The Morgan fingerprint density at radius 1 is 1.15 bits per heavy atom. The number of rotatable bonds is 3. The Morgan fingerprint density at radius 3 is 2.70 bits per heavy atom. The molecule has 5 nitrogen and oxygen atoms in total. The lowest BCUT2D eigenvalue weighted by Gasteiger charge is -1.99. The third-order valence-corrected chi connectivity index (χ3v) is 3.19. The molecule has 0 aliphatic carbocycles. The first-order chi connectivity index (χ1) is 9.78. The van der Waals surface area contributed by atoms with Gasteiger partial charge in [0, 0.05) is 23.1 Å². The van der Waals surface area contributed by atoms with Crippen LogP contribution in [0.15, 0.2) is 53.4 Å². The van der Waals surface area contributed by atoms with Gasteiger partial charge in [-0.15, -0.1) is 0 Å². The summed E-state index contributed by atoms with van der Waals surface area (Å²) in [7, 11) is 0. The van der Waals surface area contributed by atoms with Crippen molar-refractivity contribution in [1.82, 2.24) is 19.7 Å². The van der Waals surface area contributed by atoms with Crippen molar-refractivity contribution in [2.45, 2.75) is 0 Å². The van der Waals surface area contributed by atoms with Gasteiger partial charge >= 0.3 is 0 Å². The Balaban J connectivity index is 2.10. The number of halogens is 1. The Bertz CT molecular complexity index is 738. The fraction of sp³-hybridized carbons (Fsp3) is 0. The van der Waals surface area contributed by atoms with Crippen LogP contribution < -0.4 is 0 Å². The molecule has 0 bridgehead atoms. The molecule has 98 valence electrons. The molecule has 3 aromatic rings. The topological polar surface area (TPSA) is 60.7 Å². The molecule has 0 atom stereocenters. The van der Waals surface area contributed by atoms with Crippen LogP contribution in [0.4, 0.5) is 0 Å². The van der Waals surface area contributed by atoms with E-state index < -0.39 is 0 Å². The summed E-state index contributed by atoms with van der Waals surface area (Å²) in [6.45, 7) is 0. The van der Waals surface area contributed by atoms with E-state index in [1.165, 1.54) is 0 Å². The molecule has 0 aliphatic heterocycles. The van der Waals surface area contributed by atoms with Gasteiger partial charge in [0.2, 0.25) is 0 Å². The molecule has 0 aliphatic rings. The standard InChI is InChI=1S/C14H9BrN4O/c15-11-4-5-12(17-7-11)14-10(9-20)8-19(18-14)13-3-1-2-6-16-13/h1-9H. The number of nitrogens with zero attached hydrogens (tertiary/aromatic N) is 4. The number of carbonyl (C=O) groups excluding carboxylic acids is 1. The quantitative estimate of drug-likeness (QED) is 0.693. The van der Waals surface area contributed by atoms with Gasteiger partial charge in [-0.1, -0.05) is 6.07 Å². The summed E-state index contributed by atoms with van der Waals surface area (Å²) < 4.78 is 2.45. The molecule has 3 aromatic heterocycles. The van der Waals surface area contributed by atoms with Gasteiger partial charge in [0.1, 0.15) is 5.69 Å². The Labute approximate surface area is 123 Å². The summed E-state index contributed by atoms with van der Waals surface area (Å²) in [5.41, 5.74) is 1.66. The van der Waals surface area contributed by atoms with Crippen LogP contribution in [0.1, 0.15) is 10.4 Å². The molecule has 0 saturated heterocycles. The van der Waals surface area contributed by atoms with Gasteiger partial charge in [-0.25, -0.2) is 9.67 Å². The van der Waals surface area contributed by atoms with Gasteiger partial charge in [0.05, 0.1) is 11.3 Å². The van der Waals surface area contributed by atoms with Crippen molar-refractivity contribution in [3.8, 4) is 17.2 Å². The van der Waals surface area contributed by atoms with E-state index in [9.17, 15) is 4.79 Å². The molecule has 3 rings (SSSR count). The van der Waals surface area contributed by atoms with Gasteiger partial charge in [-0.3, -0.25) is 9.78 Å². The summed E-state index contributed by atoms with van der Waals surface area (Å²) in [5.74, 6) is 0.652. The molecule has 0 radical (unpaired) electrons. The van der Waals surface area contributed by atoms with Crippen LogP contribution in [0.5, 0.6) is 0 Å². The SMILES string of the molecule is O=Cc1cn(-c2ccccn2)nc1-c1ccc(Br)cn1. The summed E-state index contributed by atoms with van der Waals surface area (Å²) in [4.78, 5) is 19.7. The average Bonchev–Trinajstić information content (AvgIpc) is 2.93.